The maximum Gasteiger partial charge on any atom is 0.406 e. The predicted molar refractivity (Wildman–Crippen MR) is 97.4 cm³/mol. The molecule has 146 valence electrons. The van der Waals surface area contributed by atoms with Crippen LogP contribution >= 0.6 is 12.4 Å². The highest BCUT2D eigenvalue weighted by Crippen LogP contribution is 2.59. The summed E-state index contributed by atoms with van der Waals surface area (Å²) in [6.07, 6.45) is -1.39. The lowest BCUT2D eigenvalue weighted by Crippen LogP contribution is -2.42. The zero-order valence-electron chi connectivity index (χ0n) is 14.9. The molecule has 1 aliphatic heterocycles. The molecule has 0 bridgehead atoms. The molecule has 2 fully saturated rings. The van der Waals surface area contributed by atoms with E-state index in [2.05, 4.69) is 5.32 Å². The van der Waals surface area contributed by atoms with Crippen LogP contribution in [0.3, 0.4) is 0 Å². The third-order valence-corrected chi connectivity index (χ3v) is 5.56. The van der Waals surface area contributed by atoms with Crippen molar-refractivity contribution < 1.29 is 18.0 Å². The third kappa shape index (κ3) is 5.13. The molecule has 7 heteroatoms. The highest BCUT2D eigenvalue weighted by molar-refractivity contribution is 5.85. The summed E-state index contributed by atoms with van der Waals surface area (Å²) < 4.78 is 38.9. The fraction of sp³-hybridized carbons (Fsp3) is 0.632. The molecule has 1 aromatic carbocycles. The van der Waals surface area contributed by atoms with Crippen LogP contribution in [0.1, 0.15) is 30.4 Å². The molecule has 1 spiro atoms. The number of carbonyl (C=O) groups is 1. The second-order valence-corrected chi connectivity index (χ2v) is 7.48. The molecule has 1 heterocycles. The van der Waals surface area contributed by atoms with Crippen molar-refractivity contribution in [1.82, 2.24) is 10.2 Å². The van der Waals surface area contributed by atoms with Crippen molar-refractivity contribution in [3.8, 4) is 0 Å². The van der Waals surface area contributed by atoms with E-state index >= 15 is 0 Å². The van der Waals surface area contributed by atoms with Crippen LogP contribution in [0.2, 0.25) is 0 Å². The van der Waals surface area contributed by atoms with E-state index in [0.29, 0.717) is 6.42 Å². The zero-order chi connectivity index (χ0) is 18.1. The maximum atomic E-state index is 13.0. The molecule has 1 saturated carbocycles. The van der Waals surface area contributed by atoms with Gasteiger partial charge in [0.05, 0.1) is 0 Å². The molecule has 1 unspecified atom stereocenters. The Hall–Kier alpha value is -1.27. The van der Waals surface area contributed by atoms with Crippen LogP contribution in [0.4, 0.5) is 13.2 Å². The van der Waals surface area contributed by atoms with E-state index in [0.717, 1.165) is 48.4 Å². The second kappa shape index (κ2) is 8.17. The minimum absolute atomic E-state index is 0. The summed E-state index contributed by atoms with van der Waals surface area (Å²) in [6, 6.07) is 7.71. The number of amides is 1. The Balaban J connectivity index is 0.00000243. The average molecular weight is 391 g/mol. The van der Waals surface area contributed by atoms with Gasteiger partial charge in [-0.3, -0.25) is 4.79 Å². The van der Waals surface area contributed by atoms with Gasteiger partial charge in [-0.25, -0.2) is 0 Å². The van der Waals surface area contributed by atoms with E-state index in [1.807, 2.05) is 31.2 Å². The first-order valence-corrected chi connectivity index (χ1v) is 8.91. The Morgan fingerprint density at radius 3 is 2.42 bits per heavy atom. The van der Waals surface area contributed by atoms with Gasteiger partial charge in [-0.05, 0) is 56.7 Å². The van der Waals surface area contributed by atoms with Gasteiger partial charge >= 0.3 is 6.18 Å². The number of rotatable bonds is 5. The van der Waals surface area contributed by atoms with Crippen molar-refractivity contribution in [1.29, 1.82) is 0 Å². The summed E-state index contributed by atoms with van der Waals surface area (Å²) in [5.74, 6) is -0.540. The minimum atomic E-state index is -4.36. The van der Waals surface area contributed by atoms with Crippen LogP contribution in [0.25, 0.3) is 0 Å². The number of alkyl halides is 3. The van der Waals surface area contributed by atoms with Gasteiger partial charge in [-0.15, -0.1) is 12.4 Å². The number of nitrogens with one attached hydrogen (secondary N) is 1. The Labute approximate surface area is 158 Å². The summed E-state index contributed by atoms with van der Waals surface area (Å²) in [6.45, 7) is 2.64. The van der Waals surface area contributed by atoms with E-state index in [-0.39, 0.29) is 36.2 Å². The van der Waals surface area contributed by atoms with Gasteiger partial charge in [0.15, 0.2) is 0 Å². The van der Waals surface area contributed by atoms with Crippen molar-refractivity contribution in [2.75, 3.05) is 26.2 Å². The van der Waals surface area contributed by atoms with Crippen LogP contribution < -0.4 is 5.32 Å². The van der Waals surface area contributed by atoms with Crippen molar-refractivity contribution in [3.05, 3.63) is 35.4 Å². The van der Waals surface area contributed by atoms with Crippen LogP contribution in [-0.2, 0) is 11.2 Å². The fourth-order valence-electron chi connectivity index (χ4n) is 3.90. The van der Waals surface area contributed by atoms with Gasteiger partial charge in [0.2, 0.25) is 5.91 Å². The molecule has 1 N–H and O–H groups in total. The topological polar surface area (TPSA) is 32.3 Å². The lowest BCUT2D eigenvalue weighted by Gasteiger charge is -2.28. The molecular weight excluding hydrogens is 365 g/mol. The quantitative estimate of drug-likeness (QED) is 0.830. The van der Waals surface area contributed by atoms with Gasteiger partial charge in [-0.2, -0.15) is 13.2 Å². The van der Waals surface area contributed by atoms with Gasteiger partial charge in [0, 0.05) is 12.5 Å². The van der Waals surface area contributed by atoms with E-state index in [1.54, 1.807) is 0 Å². The molecule has 1 amide bonds. The molecule has 1 atom stereocenters. The van der Waals surface area contributed by atoms with Crippen LogP contribution in [0.15, 0.2) is 24.3 Å². The molecule has 0 aromatic heterocycles. The standard InChI is InChI=1S/C19H25F3N2O.ClH/c1-14-2-4-15(5-3-14)6-11-24(13-19(20,21)22)17(25)16-12-18(16)7-9-23-10-8-18;/h2-5,16,23H,6-13H2,1H3;1H. The highest BCUT2D eigenvalue weighted by Gasteiger charge is 2.59. The SMILES string of the molecule is Cc1ccc(CCN(CC(F)(F)F)C(=O)C2CC23CCNCC3)cc1.Cl. The Bertz CT molecular complexity index is 612. The van der Waals surface area contributed by atoms with Gasteiger partial charge in [0.1, 0.15) is 6.54 Å². The summed E-state index contributed by atoms with van der Waals surface area (Å²) in [4.78, 5) is 13.8. The monoisotopic (exact) mass is 390 g/mol. The Kier molecular flexibility index (Phi) is 6.61. The molecule has 3 rings (SSSR count). The van der Waals surface area contributed by atoms with Crippen molar-refractivity contribution in [3.63, 3.8) is 0 Å². The van der Waals surface area contributed by atoms with Crippen LogP contribution in [0, 0.1) is 18.3 Å². The van der Waals surface area contributed by atoms with Crippen molar-refractivity contribution in [2.45, 2.75) is 38.8 Å². The molecule has 2 aliphatic rings. The number of hydrogen-bond acceptors (Lipinski definition) is 2. The summed E-state index contributed by atoms with van der Waals surface area (Å²) in [5.41, 5.74) is 2.02. The molecule has 1 aliphatic carbocycles. The first-order valence-electron chi connectivity index (χ1n) is 8.91. The molecule has 0 radical (unpaired) electrons. The Morgan fingerprint density at radius 2 is 1.85 bits per heavy atom. The lowest BCUT2D eigenvalue weighted by atomic mass is 9.91. The number of piperidine rings is 1. The van der Waals surface area contributed by atoms with E-state index < -0.39 is 12.7 Å². The maximum absolute atomic E-state index is 13.0. The summed E-state index contributed by atoms with van der Waals surface area (Å²) >= 11 is 0. The lowest BCUT2D eigenvalue weighted by molar-refractivity contribution is -0.162. The van der Waals surface area contributed by atoms with Gasteiger partial charge in [-0.1, -0.05) is 29.8 Å². The molecule has 26 heavy (non-hydrogen) atoms. The van der Waals surface area contributed by atoms with Gasteiger partial charge < -0.3 is 10.2 Å². The summed E-state index contributed by atoms with van der Waals surface area (Å²) in [7, 11) is 0. The van der Waals surface area contributed by atoms with E-state index in [4.69, 9.17) is 0 Å². The van der Waals surface area contributed by atoms with E-state index in [1.165, 1.54) is 0 Å². The number of halogens is 4. The first kappa shape index (κ1) is 21.0. The normalized spacial score (nSPS) is 21.2. The molecule has 3 nitrogen and oxygen atoms in total. The smallest absolute Gasteiger partial charge is 0.333 e. The fourth-order valence-corrected chi connectivity index (χ4v) is 3.90. The zero-order valence-corrected chi connectivity index (χ0v) is 15.8. The third-order valence-electron chi connectivity index (χ3n) is 5.56. The number of hydrogen-bond donors (Lipinski definition) is 1. The second-order valence-electron chi connectivity index (χ2n) is 7.48. The number of aryl methyl sites for hydroxylation is 1. The number of nitrogens with zero attached hydrogens (tertiary/aromatic N) is 1. The first-order chi connectivity index (χ1) is 11.8. The molecular formula is C19H26ClF3N2O. The van der Waals surface area contributed by atoms with Gasteiger partial charge in [0.25, 0.3) is 0 Å². The Morgan fingerprint density at radius 1 is 1.23 bits per heavy atom. The predicted octanol–water partition coefficient (Wildman–Crippen LogP) is 3.74. The highest BCUT2D eigenvalue weighted by atomic mass is 35.5. The molecule has 1 saturated heterocycles. The van der Waals surface area contributed by atoms with Crippen molar-refractivity contribution in [2.24, 2.45) is 11.3 Å². The summed E-state index contributed by atoms with van der Waals surface area (Å²) in [5, 5.41) is 3.25. The minimum Gasteiger partial charge on any atom is -0.333 e. The van der Waals surface area contributed by atoms with E-state index in [9.17, 15) is 18.0 Å². The molecule has 1 aromatic rings. The van der Waals surface area contributed by atoms with Crippen molar-refractivity contribution >= 4 is 18.3 Å². The average Bonchev–Trinajstić information content (AvgIpc) is 3.25. The van der Waals surface area contributed by atoms with Crippen LogP contribution in [-0.4, -0.2) is 43.2 Å². The largest absolute Gasteiger partial charge is 0.406 e. The number of carbonyl (C=O) groups excluding carboxylic acids is 1. The number of benzene rings is 1. The van der Waals surface area contributed by atoms with Crippen LogP contribution in [0.5, 0.6) is 0 Å².